The molecule has 16 heavy (non-hydrogen) atoms. The number of nitrogens with two attached hydrogens (primary N) is 1. The van der Waals surface area contributed by atoms with Crippen LogP contribution in [0.1, 0.15) is 12.5 Å². The van der Waals surface area contributed by atoms with Gasteiger partial charge in [0, 0.05) is 11.3 Å². The third-order valence-electron chi connectivity index (χ3n) is 2.03. The Morgan fingerprint density at radius 2 is 2.00 bits per heavy atom. The van der Waals surface area contributed by atoms with Gasteiger partial charge in [-0.05, 0) is 25.1 Å². The smallest absolute Gasteiger partial charge is 0.340 e. The molecule has 0 unspecified atom stereocenters. The molecular weight excluding hydrogens is 210 g/mol. The summed E-state index contributed by atoms with van der Waals surface area (Å²) in [6.45, 7) is 1.51. The number of esters is 1. The molecule has 0 aliphatic heterocycles. The molecule has 5 heteroatoms. The van der Waals surface area contributed by atoms with Gasteiger partial charge in [0.25, 0.3) is 0 Å². The van der Waals surface area contributed by atoms with Crippen molar-refractivity contribution >= 4 is 11.5 Å². The number of carbonyl (C=O) groups is 1. The monoisotopic (exact) mass is 223 g/mol. The van der Waals surface area contributed by atoms with Crippen molar-refractivity contribution in [3.05, 3.63) is 29.5 Å². The van der Waals surface area contributed by atoms with E-state index in [0.717, 1.165) is 0 Å². The Hall–Kier alpha value is -2.17. The van der Waals surface area contributed by atoms with E-state index in [1.165, 1.54) is 32.2 Å². The molecule has 5 nitrogen and oxygen atoms in total. The van der Waals surface area contributed by atoms with Crippen LogP contribution in [-0.4, -0.2) is 23.3 Å². The SMILES string of the molecule is COC(=O)/C(=C(/C)N)c1cc(O)ccc1O. The zero-order valence-electron chi connectivity index (χ0n) is 9.02. The first-order chi connectivity index (χ1) is 7.47. The average Bonchev–Trinajstić information content (AvgIpc) is 2.22. The zero-order valence-corrected chi connectivity index (χ0v) is 9.02. The predicted molar refractivity (Wildman–Crippen MR) is 58.6 cm³/mol. The summed E-state index contributed by atoms with van der Waals surface area (Å²) in [5, 5.41) is 18.9. The van der Waals surface area contributed by atoms with Crippen molar-refractivity contribution in [2.24, 2.45) is 5.73 Å². The van der Waals surface area contributed by atoms with Crippen LogP contribution in [0, 0.1) is 0 Å². The summed E-state index contributed by atoms with van der Waals surface area (Å²) >= 11 is 0. The van der Waals surface area contributed by atoms with Crippen LogP contribution in [0.3, 0.4) is 0 Å². The molecule has 0 spiro atoms. The van der Waals surface area contributed by atoms with Gasteiger partial charge in [0.1, 0.15) is 11.5 Å². The van der Waals surface area contributed by atoms with Crippen molar-refractivity contribution in [1.29, 1.82) is 0 Å². The lowest BCUT2D eigenvalue weighted by Gasteiger charge is -2.09. The van der Waals surface area contributed by atoms with Crippen LogP contribution in [-0.2, 0) is 9.53 Å². The van der Waals surface area contributed by atoms with Crippen LogP contribution in [0.25, 0.3) is 5.57 Å². The Kier molecular flexibility index (Phi) is 3.40. The van der Waals surface area contributed by atoms with Crippen molar-refractivity contribution in [1.82, 2.24) is 0 Å². The Morgan fingerprint density at radius 3 is 2.50 bits per heavy atom. The molecule has 0 radical (unpaired) electrons. The molecule has 0 saturated heterocycles. The van der Waals surface area contributed by atoms with Crippen molar-refractivity contribution in [2.75, 3.05) is 7.11 Å². The van der Waals surface area contributed by atoms with Gasteiger partial charge in [0.2, 0.25) is 0 Å². The molecule has 86 valence electrons. The lowest BCUT2D eigenvalue weighted by Crippen LogP contribution is -2.10. The van der Waals surface area contributed by atoms with Crippen molar-refractivity contribution in [3.63, 3.8) is 0 Å². The molecule has 0 heterocycles. The van der Waals surface area contributed by atoms with E-state index in [0.29, 0.717) is 0 Å². The van der Waals surface area contributed by atoms with Gasteiger partial charge in [-0.1, -0.05) is 0 Å². The Balaban J connectivity index is 3.39. The van der Waals surface area contributed by atoms with E-state index in [2.05, 4.69) is 4.74 Å². The lowest BCUT2D eigenvalue weighted by atomic mass is 10.0. The van der Waals surface area contributed by atoms with Crippen LogP contribution in [0.4, 0.5) is 0 Å². The van der Waals surface area contributed by atoms with Gasteiger partial charge in [-0.2, -0.15) is 0 Å². The van der Waals surface area contributed by atoms with E-state index < -0.39 is 5.97 Å². The number of hydrogen-bond acceptors (Lipinski definition) is 5. The second-order valence-electron chi connectivity index (χ2n) is 3.25. The number of benzene rings is 1. The van der Waals surface area contributed by atoms with E-state index >= 15 is 0 Å². The fraction of sp³-hybridized carbons (Fsp3) is 0.182. The van der Waals surface area contributed by atoms with Crippen LogP contribution in [0.15, 0.2) is 23.9 Å². The molecule has 1 aromatic carbocycles. The summed E-state index contributed by atoms with van der Waals surface area (Å²) in [7, 11) is 1.21. The van der Waals surface area contributed by atoms with E-state index in [1.807, 2.05) is 0 Å². The highest BCUT2D eigenvalue weighted by Gasteiger charge is 2.18. The largest absolute Gasteiger partial charge is 0.508 e. The number of methoxy groups -OCH3 is 1. The molecule has 0 amide bonds. The van der Waals surface area contributed by atoms with E-state index in [9.17, 15) is 15.0 Å². The van der Waals surface area contributed by atoms with Crippen LogP contribution < -0.4 is 5.73 Å². The first kappa shape index (κ1) is 11.9. The number of hydrogen-bond donors (Lipinski definition) is 3. The van der Waals surface area contributed by atoms with Crippen molar-refractivity contribution in [3.8, 4) is 11.5 Å². The van der Waals surface area contributed by atoms with Crippen LogP contribution >= 0.6 is 0 Å². The molecule has 0 saturated carbocycles. The number of rotatable bonds is 2. The third-order valence-corrected chi connectivity index (χ3v) is 2.03. The van der Waals surface area contributed by atoms with Gasteiger partial charge < -0.3 is 20.7 Å². The number of aromatic hydroxyl groups is 2. The van der Waals surface area contributed by atoms with Gasteiger partial charge in [-0.15, -0.1) is 0 Å². The maximum absolute atomic E-state index is 11.5. The molecule has 4 N–H and O–H groups in total. The number of allylic oxidation sites excluding steroid dienone is 1. The highest BCUT2D eigenvalue weighted by atomic mass is 16.5. The van der Waals surface area contributed by atoms with Crippen LogP contribution in [0.2, 0.25) is 0 Å². The van der Waals surface area contributed by atoms with Gasteiger partial charge in [-0.3, -0.25) is 0 Å². The Labute approximate surface area is 92.8 Å². The topological polar surface area (TPSA) is 92.8 Å². The number of carbonyl (C=O) groups excluding carboxylic acids is 1. The average molecular weight is 223 g/mol. The summed E-state index contributed by atoms with van der Waals surface area (Å²) in [6.07, 6.45) is 0. The Morgan fingerprint density at radius 1 is 1.38 bits per heavy atom. The number of phenols is 2. The highest BCUT2D eigenvalue weighted by Crippen LogP contribution is 2.30. The summed E-state index contributed by atoms with van der Waals surface area (Å²) < 4.78 is 4.55. The highest BCUT2D eigenvalue weighted by molar-refractivity contribution is 6.18. The zero-order chi connectivity index (χ0) is 12.3. The third kappa shape index (κ3) is 2.25. The first-order valence-electron chi connectivity index (χ1n) is 4.54. The lowest BCUT2D eigenvalue weighted by molar-refractivity contribution is -0.133. The van der Waals surface area contributed by atoms with Crippen molar-refractivity contribution < 1.29 is 19.7 Å². The number of phenolic OH excluding ortho intramolecular Hbond substituents is 2. The van der Waals surface area contributed by atoms with E-state index in [-0.39, 0.29) is 28.3 Å². The first-order valence-corrected chi connectivity index (χ1v) is 4.54. The van der Waals surface area contributed by atoms with Gasteiger partial charge in [-0.25, -0.2) is 4.79 Å². The summed E-state index contributed by atoms with van der Waals surface area (Å²) in [4.78, 5) is 11.5. The maximum atomic E-state index is 11.5. The second-order valence-corrected chi connectivity index (χ2v) is 3.25. The molecule has 1 rings (SSSR count). The molecular formula is C11H13NO4. The molecule has 0 aliphatic carbocycles. The second kappa shape index (κ2) is 4.57. The fourth-order valence-corrected chi connectivity index (χ4v) is 1.31. The minimum absolute atomic E-state index is 0.0379. The van der Waals surface area contributed by atoms with Crippen LogP contribution in [0.5, 0.6) is 11.5 Å². The molecule has 0 bridgehead atoms. The summed E-state index contributed by atoms with van der Waals surface area (Å²) in [5.41, 5.74) is 5.93. The maximum Gasteiger partial charge on any atom is 0.340 e. The quantitative estimate of drug-likeness (QED) is 0.394. The fourth-order valence-electron chi connectivity index (χ4n) is 1.31. The van der Waals surface area contributed by atoms with Gasteiger partial charge >= 0.3 is 5.97 Å². The van der Waals surface area contributed by atoms with E-state index in [1.54, 1.807) is 0 Å². The van der Waals surface area contributed by atoms with Gasteiger partial charge in [0.15, 0.2) is 0 Å². The standard InChI is InChI=1S/C11H13NO4/c1-6(12)10(11(15)16-2)8-5-7(13)3-4-9(8)14/h3-5,13-14H,12H2,1-2H3/b10-6-. The molecule has 0 atom stereocenters. The Bertz CT molecular complexity index is 447. The minimum Gasteiger partial charge on any atom is -0.508 e. The molecule has 0 aromatic heterocycles. The molecule has 0 aliphatic rings. The molecule has 0 fully saturated rings. The normalized spacial score (nSPS) is 11.9. The number of ether oxygens (including phenoxy) is 1. The predicted octanol–water partition coefficient (Wildman–Crippen LogP) is 0.961. The molecule has 1 aromatic rings. The van der Waals surface area contributed by atoms with Gasteiger partial charge in [0.05, 0.1) is 12.7 Å². The summed E-state index contributed by atoms with van der Waals surface area (Å²) in [5.74, 6) is -0.889. The minimum atomic E-state index is -0.666. The summed E-state index contributed by atoms with van der Waals surface area (Å²) in [6, 6.07) is 3.83. The van der Waals surface area contributed by atoms with Crippen molar-refractivity contribution in [2.45, 2.75) is 6.92 Å². The van der Waals surface area contributed by atoms with E-state index in [4.69, 9.17) is 5.73 Å².